The van der Waals surface area contributed by atoms with Crippen LogP contribution in [0.3, 0.4) is 0 Å². The molecule has 4 heteroatoms. The van der Waals surface area contributed by atoms with Crippen molar-refractivity contribution in [2.45, 2.75) is 26.2 Å². The van der Waals surface area contributed by atoms with Gasteiger partial charge in [-0.25, -0.2) is 0 Å². The van der Waals surface area contributed by atoms with Gasteiger partial charge >= 0.3 is 5.35 Å². The summed E-state index contributed by atoms with van der Waals surface area (Å²) in [5, 5.41) is 7.37. The molecule has 1 aromatic heterocycles. The highest BCUT2D eigenvalue weighted by atomic mass is 35.5. The Morgan fingerprint density at radius 1 is 1.30 bits per heavy atom. The van der Waals surface area contributed by atoms with Gasteiger partial charge in [0.25, 0.3) is 0 Å². The summed E-state index contributed by atoms with van der Waals surface area (Å²) in [7, 11) is 0. The second kappa shape index (κ2) is 2.23. The first kappa shape index (κ1) is 7.54. The summed E-state index contributed by atoms with van der Waals surface area (Å²) in [5.41, 5.74) is -0.111. The van der Waals surface area contributed by atoms with E-state index < -0.39 is 0 Å². The van der Waals surface area contributed by atoms with E-state index in [1.54, 1.807) is 0 Å². The van der Waals surface area contributed by atoms with Gasteiger partial charge in [-0.1, -0.05) is 25.9 Å². The molecule has 0 saturated carbocycles. The standard InChI is InChI=1S/C6H9ClN2O/c1-6(2,3)4-8-9-5(7)10-4/h1-3H3. The van der Waals surface area contributed by atoms with E-state index in [9.17, 15) is 0 Å². The van der Waals surface area contributed by atoms with Gasteiger partial charge in [-0.2, -0.15) is 0 Å². The summed E-state index contributed by atoms with van der Waals surface area (Å²) in [6.07, 6.45) is 0. The maximum atomic E-state index is 5.43. The molecule has 0 atom stereocenters. The van der Waals surface area contributed by atoms with E-state index in [-0.39, 0.29) is 10.8 Å². The fraction of sp³-hybridized carbons (Fsp3) is 0.667. The van der Waals surface area contributed by atoms with Gasteiger partial charge in [-0.15, -0.1) is 5.10 Å². The van der Waals surface area contributed by atoms with Crippen molar-refractivity contribution < 1.29 is 4.42 Å². The first-order valence-electron chi connectivity index (χ1n) is 2.99. The SMILES string of the molecule is CC(C)(C)c1nnc(Cl)o1. The molecule has 0 spiro atoms. The van der Waals surface area contributed by atoms with Crippen molar-refractivity contribution in [2.75, 3.05) is 0 Å². The molecule has 56 valence electrons. The van der Waals surface area contributed by atoms with E-state index in [0.29, 0.717) is 5.89 Å². The second-order valence-corrected chi connectivity index (χ2v) is 3.43. The van der Waals surface area contributed by atoms with Crippen LogP contribution in [0.25, 0.3) is 0 Å². The summed E-state index contributed by atoms with van der Waals surface area (Å²) in [6, 6.07) is 0. The lowest BCUT2D eigenvalue weighted by Crippen LogP contribution is -2.11. The smallest absolute Gasteiger partial charge is 0.312 e. The molecule has 0 aliphatic rings. The van der Waals surface area contributed by atoms with Crippen LogP contribution in [0.15, 0.2) is 4.42 Å². The molecule has 0 saturated heterocycles. The van der Waals surface area contributed by atoms with E-state index in [1.807, 2.05) is 20.8 Å². The average molecular weight is 161 g/mol. The van der Waals surface area contributed by atoms with Crippen molar-refractivity contribution in [3.63, 3.8) is 0 Å². The van der Waals surface area contributed by atoms with Gasteiger partial charge < -0.3 is 4.42 Å². The van der Waals surface area contributed by atoms with E-state index >= 15 is 0 Å². The molecule has 1 heterocycles. The molecule has 0 unspecified atom stereocenters. The minimum Gasteiger partial charge on any atom is -0.412 e. The Hall–Kier alpha value is -0.570. The Kier molecular flexibility index (Phi) is 1.68. The van der Waals surface area contributed by atoms with Crippen LogP contribution >= 0.6 is 11.6 Å². The van der Waals surface area contributed by atoms with Crippen LogP contribution in [-0.4, -0.2) is 10.2 Å². The largest absolute Gasteiger partial charge is 0.412 e. The second-order valence-electron chi connectivity index (χ2n) is 3.11. The molecule has 1 rings (SSSR count). The van der Waals surface area contributed by atoms with E-state index in [1.165, 1.54) is 0 Å². The normalized spacial score (nSPS) is 12.0. The zero-order valence-electron chi connectivity index (χ0n) is 6.18. The highest BCUT2D eigenvalue weighted by Gasteiger charge is 2.20. The Morgan fingerprint density at radius 2 is 1.90 bits per heavy atom. The Morgan fingerprint density at radius 3 is 2.10 bits per heavy atom. The molecule has 0 N–H and O–H groups in total. The number of hydrogen-bond acceptors (Lipinski definition) is 3. The number of aromatic nitrogens is 2. The summed E-state index contributed by atoms with van der Waals surface area (Å²) in [6.45, 7) is 5.95. The fourth-order valence-electron chi connectivity index (χ4n) is 0.508. The van der Waals surface area contributed by atoms with Crippen molar-refractivity contribution in [3.8, 4) is 0 Å². The lowest BCUT2D eigenvalue weighted by molar-refractivity contribution is 0.393. The Labute approximate surface area is 64.4 Å². The lowest BCUT2D eigenvalue weighted by Gasteiger charge is -2.10. The van der Waals surface area contributed by atoms with Crippen molar-refractivity contribution >= 4 is 11.6 Å². The summed E-state index contributed by atoms with van der Waals surface area (Å²) < 4.78 is 4.99. The summed E-state index contributed by atoms with van der Waals surface area (Å²) >= 11 is 5.43. The maximum absolute atomic E-state index is 5.43. The molecule has 0 amide bonds. The maximum Gasteiger partial charge on any atom is 0.312 e. The molecule has 1 aromatic rings. The Bertz CT molecular complexity index is 226. The highest BCUT2D eigenvalue weighted by Crippen LogP contribution is 2.21. The van der Waals surface area contributed by atoms with Gasteiger partial charge in [-0.05, 0) is 11.6 Å². The van der Waals surface area contributed by atoms with Gasteiger partial charge in [0.15, 0.2) is 0 Å². The van der Waals surface area contributed by atoms with Crippen LogP contribution in [-0.2, 0) is 5.41 Å². The molecule has 0 aromatic carbocycles. The minimum atomic E-state index is -0.111. The predicted molar refractivity (Wildman–Crippen MR) is 38.0 cm³/mol. The molecule has 0 fully saturated rings. The van der Waals surface area contributed by atoms with Gasteiger partial charge in [0.05, 0.1) is 0 Å². The van der Waals surface area contributed by atoms with Crippen LogP contribution in [0.5, 0.6) is 0 Å². The van der Waals surface area contributed by atoms with Crippen LogP contribution in [0, 0.1) is 0 Å². The van der Waals surface area contributed by atoms with Crippen molar-refractivity contribution in [3.05, 3.63) is 11.2 Å². The third-order valence-corrected chi connectivity index (χ3v) is 1.19. The minimum absolute atomic E-state index is 0.102. The average Bonchev–Trinajstić information content (AvgIpc) is 2.11. The number of halogens is 1. The zero-order chi connectivity index (χ0) is 7.78. The van der Waals surface area contributed by atoms with Gasteiger partial charge in [-0.3, -0.25) is 0 Å². The lowest BCUT2D eigenvalue weighted by atomic mass is 9.97. The quantitative estimate of drug-likeness (QED) is 0.583. The van der Waals surface area contributed by atoms with Crippen molar-refractivity contribution in [1.29, 1.82) is 0 Å². The topological polar surface area (TPSA) is 38.9 Å². The summed E-state index contributed by atoms with van der Waals surface area (Å²) in [5.74, 6) is 0.567. The molecular weight excluding hydrogens is 152 g/mol. The van der Waals surface area contributed by atoms with Gasteiger partial charge in [0.1, 0.15) is 0 Å². The first-order chi connectivity index (χ1) is 4.50. The molecule has 0 aliphatic heterocycles. The van der Waals surface area contributed by atoms with Crippen molar-refractivity contribution in [2.24, 2.45) is 0 Å². The third-order valence-electron chi connectivity index (χ3n) is 1.04. The van der Waals surface area contributed by atoms with Crippen LogP contribution in [0.2, 0.25) is 5.35 Å². The molecule has 0 radical (unpaired) electrons. The summed E-state index contributed by atoms with van der Waals surface area (Å²) in [4.78, 5) is 0. The van der Waals surface area contributed by atoms with E-state index in [2.05, 4.69) is 10.2 Å². The molecular formula is C6H9ClN2O. The monoisotopic (exact) mass is 160 g/mol. The molecule has 10 heavy (non-hydrogen) atoms. The zero-order valence-corrected chi connectivity index (χ0v) is 6.94. The van der Waals surface area contributed by atoms with Gasteiger partial charge in [0, 0.05) is 5.41 Å². The first-order valence-corrected chi connectivity index (χ1v) is 3.37. The Balaban J connectivity index is 2.96. The molecule has 0 aliphatic carbocycles. The fourth-order valence-corrected chi connectivity index (χ4v) is 0.619. The highest BCUT2D eigenvalue weighted by molar-refractivity contribution is 6.27. The van der Waals surface area contributed by atoms with Crippen LogP contribution in [0.4, 0.5) is 0 Å². The van der Waals surface area contributed by atoms with E-state index in [0.717, 1.165) is 0 Å². The van der Waals surface area contributed by atoms with Crippen molar-refractivity contribution in [1.82, 2.24) is 10.2 Å². The molecule has 0 bridgehead atoms. The number of rotatable bonds is 0. The predicted octanol–water partition coefficient (Wildman–Crippen LogP) is 2.02. The number of hydrogen-bond donors (Lipinski definition) is 0. The number of nitrogens with zero attached hydrogens (tertiary/aromatic N) is 2. The van der Waals surface area contributed by atoms with Crippen LogP contribution in [0.1, 0.15) is 26.7 Å². The molecule has 3 nitrogen and oxygen atoms in total. The van der Waals surface area contributed by atoms with Crippen LogP contribution < -0.4 is 0 Å². The van der Waals surface area contributed by atoms with Gasteiger partial charge in [0.2, 0.25) is 5.89 Å². The van der Waals surface area contributed by atoms with E-state index in [4.69, 9.17) is 16.0 Å². The third kappa shape index (κ3) is 1.48.